The summed E-state index contributed by atoms with van der Waals surface area (Å²) in [6, 6.07) is 0. The van der Waals surface area contributed by atoms with Crippen LogP contribution in [0.3, 0.4) is 0 Å². The van der Waals surface area contributed by atoms with Crippen LogP contribution in [-0.2, 0) is 23.9 Å². The zero-order chi connectivity index (χ0) is 14.6. The van der Waals surface area contributed by atoms with Crippen LogP contribution in [0.5, 0.6) is 0 Å². The molecule has 1 fully saturated rings. The number of carbonyl (C=O) groups is 3. The fraction of sp³-hybridized carbons (Fsp3) is 0.727. The van der Waals surface area contributed by atoms with Gasteiger partial charge in [0, 0.05) is 31.8 Å². The molecule has 0 amide bonds. The van der Waals surface area contributed by atoms with Crippen molar-refractivity contribution in [3.63, 3.8) is 0 Å². The second-order valence-electron chi connectivity index (χ2n) is 4.40. The Morgan fingerprint density at radius 3 is 1.89 bits per heavy atom. The monoisotopic (exact) mass is 330 g/mol. The summed E-state index contributed by atoms with van der Waals surface area (Å²) in [7, 11) is 1.36. The minimum absolute atomic E-state index is 0.149. The maximum Gasteiger partial charge on any atom is 0.247 e. The van der Waals surface area contributed by atoms with E-state index in [1.807, 2.05) is 0 Å². The van der Waals surface area contributed by atoms with Gasteiger partial charge in [0.05, 0.1) is 0 Å². The predicted octanol–water partition coefficient (Wildman–Crippen LogP) is 2.06. The van der Waals surface area contributed by atoms with Gasteiger partial charge in [-0.1, -0.05) is 0 Å². The van der Waals surface area contributed by atoms with Crippen LogP contribution in [0, 0.1) is 11.8 Å². The Hall–Kier alpha value is -0.200. The molecule has 0 bridgehead atoms. The lowest BCUT2D eigenvalue weighted by molar-refractivity contribution is -0.247. The first-order valence-electron chi connectivity index (χ1n) is 5.56. The van der Waals surface area contributed by atoms with E-state index in [-0.39, 0.29) is 25.9 Å². The highest BCUT2D eigenvalue weighted by Gasteiger charge is 2.46. The summed E-state index contributed by atoms with van der Waals surface area (Å²) in [6.45, 7) is -0.387. The van der Waals surface area contributed by atoms with E-state index in [0.29, 0.717) is 0 Å². The fourth-order valence-electron chi connectivity index (χ4n) is 2.22. The topological polar surface area (TPSA) is 69.7 Å². The molecule has 1 aliphatic carbocycles. The number of methoxy groups -OCH3 is 1. The molecule has 2 atom stereocenters. The summed E-state index contributed by atoms with van der Waals surface area (Å²) in [5.41, 5.74) is 0. The molecule has 19 heavy (non-hydrogen) atoms. The van der Waals surface area contributed by atoms with E-state index in [1.165, 1.54) is 7.11 Å². The second kappa shape index (κ2) is 6.99. The highest BCUT2D eigenvalue weighted by molar-refractivity contribution is 6.65. The summed E-state index contributed by atoms with van der Waals surface area (Å²) in [4.78, 5) is 33.4. The molecule has 0 radical (unpaired) electrons. The lowest BCUT2D eigenvalue weighted by Gasteiger charge is -2.40. The minimum Gasteiger partial charge on any atom is -0.353 e. The van der Waals surface area contributed by atoms with Crippen LogP contribution in [0.2, 0.25) is 0 Å². The van der Waals surface area contributed by atoms with Crippen LogP contribution >= 0.6 is 34.8 Å². The van der Waals surface area contributed by atoms with Gasteiger partial charge < -0.3 is 9.47 Å². The summed E-state index contributed by atoms with van der Waals surface area (Å²) in [5.74, 6) is -2.49. The summed E-state index contributed by atoms with van der Waals surface area (Å²) in [5, 5.41) is -1.89. The van der Waals surface area contributed by atoms with Gasteiger partial charge in [0.1, 0.15) is 6.61 Å². The van der Waals surface area contributed by atoms with Gasteiger partial charge in [0.25, 0.3) is 0 Å². The van der Waals surface area contributed by atoms with Crippen LogP contribution < -0.4 is 0 Å². The quantitative estimate of drug-likeness (QED) is 0.550. The standard InChI is InChI=1S/C11H13Cl3O5/c1-18-11(19-5-8(12)15)3-6(9(13)16)2-7(4-11)10(14)17/h6-7H,2-5H2,1H3. The van der Waals surface area contributed by atoms with Crippen molar-refractivity contribution in [2.75, 3.05) is 13.7 Å². The first-order valence-corrected chi connectivity index (χ1v) is 6.69. The van der Waals surface area contributed by atoms with Crippen molar-refractivity contribution < 1.29 is 23.9 Å². The van der Waals surface area contributed by atoms with Crippen molar-refractivity contribution in [3.8, 4) is 0 Å². The molecule has 8 heteroatoms. The first-order chi connectivity index (χ1) is 8.79. The van der Waals surface area contributed by atoms with Gasteiger partial charge >= 0.3 is 0 Å². The Balaban J connectivity index is 2.90. The molecule has 0 aromatic heterocycles. The van der Waals surface area contributed by atoms with Crippen molar-refractivity contribution in [2.45, 2.75) is 25.0 Å². The van der Waals surface area contributed by atoms with Crippen molar-refractivity contribution >= 4 is 50.5 Å². The Labute approximate surface area is 125 Å². The molecule has 1 aliphatic rings. The van der Waals surface area contributed by atoms with Crippen LogP contribution in [0.25, 0.3) is 0 Å². The van der Waals surface area contributed by atoms with E-state index in [9.17, 15) is 14.4 Å². The third-order valence-electron chi connectivity index (χ3n) is 3.15. The molecule has 0 spiro atoms. The Bertz CT molecular complexity index is 363. The van der Waals surface area contributed by atoms with E-state index in [1.54, 1.807) is 0 Å². The normalized spacial score (nSPS) is 30.9. The van der Waals surface area contributed by atoms with E-state index in [0.717, 1.165) is 0 Å². The number of ether oxygens (including phenoxy) is 2. The van der Waals surface area contributed by atoms with Crippen molar-refractivity contribution in [3.05, 3.63) is 0 Å². The number of carbonyl (C=O) groups excluding carboxylic acids is 3. The van der Waals surface area contributed by atoms with E-state index < -0.39 is 33.4 Å². The number of hydrogen-bond donors (Lipinski definition) is 0. The molecule has 2 unspecified atom stereocenters. The molecular formula is C11H13Cl3O5. The van der Waals surface area contributed by atoms with Gasteiger partial charge in [-0.3, -0.25) is 14.4 Å². The maximum absolute atomic E-state index is 11.3. The number of hydrogen-bond acceptors (Lipinski definition) is 5. The van der Waals surface area contributed by atoms with Crippen molar-refractivity contribution in [1.82, 2.24) is 0 Å². The smallest absolute Gasteiger partial charge is 0.247 e. The summed E-state index contributed by atoms with van der Waals surface area (Å²) < 4.78 is 10.6. The average molecular weight is 332 g/mol. The van der Waals surface area contributed by atoms with Crippen LogP contribution in [-0.4, -0.2) is 35.2 Å². The molecule has 0 heterocycles. The zero-order valence-electron chi connectivity index (χ0n) is 10.2. The largest absolute Gasteiger partial charge is 0.353 e. The van der Waals surface area contributed by atoms with Gasteiger partial charge in [-0.2, -0.15) is 0 Å². The Kier molecular flexibility index (Phi) is 6.20. The second-order valence-corrected chi connectivity index (χ2v) is 5.57. The SMILES string of the molecule is COC1(OCC(=O)Cl)CC(C(=O)Cl)CC(C(=O)Cl)C1. The van der Waals surface area contributed by atoms with Gasteiger partial charge in [-0.15, -0.1) is 0 Å². The summed E-state index contributed by atoms with van der Waals surface area (Å²) >= 11 is 16.2. The third kappa shape index (κ3) is 4.68. The molecule has 0 saturated heterocycles. The van der Waals surface area contributed by atoms with E-state index in [2.05, 4.69) is 0 Å². The lowest BCUT2D eigenvalue weighted by atomic mass is 9.78. The highest BCUT2D eigenvalue weighted by Crippen LogP contribution is 2.41. The molecule has 0 aromatic carbocycles. The number of halogens is 3. The summed E-state index contributed by atoms with van der Waals surface area (Å²) in [6.07, 6.45) is 0.543. The van der Waals surface area contributed by atoms with Crippen molar-refractivity contribution in [1.29, 1.82) is 0 Å². The average Bonchev–Trinajstić information content (AvgIpc) is 2.35. The van der Waals surface area contributed by atoms with Gasteiger partial charge in [-0.05, 0) is 41.2 Å². The zero-order valence-corrected chi connectivity index (χ0v) is 12.4. The van der Waals surface area contributed by atoms with Gasteiger partial charge in [0.15, 0.2) is 5.79 Å². The van der Waals surface area contributed by atoms with Crippen LogP contribution in [0.1, 0.15) is 19.3 Å². The molecule has 108 valence electrons. The lowest BCUT2D eigenvalue weighted by Crippen LogP contribution is -2.46. The van der Waals surface area contributed by atoms with E-state index in [4.69, 9.17) is 44.3 Å². The molecule has 0 aliphatic heterocycles. The maximum atomic E-state index is 11.3. The molecule has 1 saturated carbocycles. The first kappa shape index (κ1) is 16.9. The molecule has 0 N–H and O–H groups in total. The predicted molar refractivity (Wildman–Crippen MR) is 69.1 cm³/mol. The number of rotatable bonds is 6. The molecule has 5 nitrogen and oxygen atoms in total. The Morgan fingerprint density at radius 1 is 1.11 bits per heavy atom. The Morgan fingerprint density at radius 2 is 1.58 bits per heavy atom. The van der Waals surface area contributed by atoms with Crippen molar-refractivity contribution in [2.24, 2.45) is 11.8 Å². The third-order valence-corrected chi connectivity index (χ3v) is 3.87. The van der Waals surface area contributed by atoms with Crippen LogP contribution in [0.15, 0.2) is 0 Å². The van der Waals surface area contributed by atoms with Gasteiger partial charge in [-0.25, -0.2) is 0 Å². The molecule has 1 rings (SSSR count). The molecular weight excluding hydrogens is 318 g/mol. The fourth-order valence-corrected chi connectivity index (χ4v) is 2.61. The van der Waals surface area contributed by atoms with Crippen LogP contribution in [0.4, 0.5) is 0 Å². The highest BCUT2D eigenvalue weighted by atomic mass is 35.5. The van der Waals surface area contributed by atoms with Gasteiger partial charge in [0.2, 0.25) is 15.7 Å². The van der Waals surface area contributed by atoms with E-state index >= 15 is 0 Å². The minimum atomic E-state index is -1.26. The molecule has 0 aromatic rings.